The molecule has 1 N–H and O–H groups in total. The molecule has 3 aromatic heterocycles. The summed E-state index contributed by atoms with van der Waals surface area (Å²) in [4.78, 5) is 16.7. The summed E-state index contributed by atoms with van der Waals surface area (Å²) in [6.07, 6.45) is 2.31. The Labute approximate surface area is 131 Å². The van der Waals surface area contributed by atoms with Gasteiger partial charge in [-0.05, 0) is 25.1 Å². The Morgan fingerprint density at radius 1 is 1.22 bits per heavy atom. The monoisotopic (exact) mass is 303 g/mol. The minimum atomic E-state index is 0.567. The molecule has 6 heteroatoms. The molecule has 0 bridgehead atoms. The number of aromatic amines is 1. The van der Waals surface area contributed by atoms with Gasteiger partial charge >= 0.3 is 0 Å². The topological polar surface area (TPSA) is 91.4 Å². The van der Waals surface area contributed by atoms with Crippen LogP contribution in [0.15, 0.2) is 28.8 Å². The van der Waals surface area contributed by atoms with E-state index in [-0.39, 0.29) is 0 Å². The minimum Gasteiger partial charge on any atom is -0.446 e. The maximum Gasteiger partial charge on any atom is 0.191 e. The Bertz CT molecular complexity index is 1080. The zero-order chi connectivity index (χ0) is 16.0. The number of oxazole rings is 1. The van der Waals surface area contributed by atoms with Gasteiger partial charge in [-0.25, -0.2) is 9.97 Å². The maximum atomic E-state index is 9.09. The van der Waals surface area contributed by atoms with Crippen molar-refractivity contribution in [3.8, 4) is 6.07 Å². The maximum absolute atomic E-state index is 9.09. The van der Waals surface area contributed by atoms with E-state index in [9.17, 15) is 0 Å². The first-order valence-corrected chi connectivity index (χ1v) is 7.24. The molecule has 23 heavy (non-hydrogen) atoms. The van der Waals surface area contributed by atoms with Gasteiger partial charge in [-0.15, -0.1) is 0 Å². The molecule has 0 amide bonds. The van der Waals surface area contributed by atoms with E-state index < -0.39 is 0 Å². The standard InChI is InChI=1S/C17H13N5O/c1-9-14(20-10(2)23-9)6-16-21-15-8-19-13-4-3-11(7-18)5-12(13)17(15)22-16/h3-5,8H,6H2,1-2H3,(H,21,22). The summed E-state index contributed by atoms with van der Waals surface area (Å²) in [7, 11) is 0. The third-order valence-corrected chi connectivity index (χ3v) is 3.84. The summed E-state index contributed by atoms with van der Waals surface area (Å²) in [5.74, 6) is 2.25. The summed E-state index contributed by atoms with van der Waals surface area (Å²) in [5, 5.41) is 9.98. The van der Waals surface area contributed by atoms with Crippen LogP contribution in [0.25, 0.3) is 21.9 Å². The molecule has 3 heterocycles. The zero-order valence-corrected chi connectivity index (χ0v) is 12.7. The van der Waals surface area contributed by atoms with Crippen LogP contribution in [0.3, 0.4) is 0 Å². The van der Waals surface area contributed by atoms with Crippen molar-refractivity contribution < 1.29 is 4.42 Å². The van der Waals surface area contributed by atoms with Crippen molar-refractivity contribution in [3.05, 3.63) is 53.1 Å². The highest BCUT2D eigenvalue weighted by molar-refractivity contribution is 6.02. The Balaban J connectivity index is 1.85. The van der Waals surface area contributed by atoms with Crippen LogP contribution in [0.4, 0.5) is 0 Å². The highest BCUT2D eigenvalue weighted by atomic mass is 16.4. The Morgan fingerprint density at radius 2 is 2.09 bits per heavy atom. The molecule has 0 saturated heterocycles. The van der Waals surface area contributed by atoms with Crippen LogP contribution < -0.4 is 0 Å². The Hall–Kier alpha value is -3.20. The van der Waals surface area contributed by atoms with Gasteiger partial charge in [0.2, 0.25) is 0 Å². The summed E-state index contributed by atoms with van der Waals surface area (Å²) in [6, 6.07) is 7.60. The summed E-state index contributed by atoms with van der Waals surface area (Å²) >= 11 is 0. The van der Waals surface area contributed by atoms with Crippen LogP contribution in [-0.2, 0) is 6.42 Å². The van der Waals surface area contributed by atoms with Gasteiger partial charge in [0, 0.05) is 12.3 Å². The fraction of sp³-hybridized carbons (Fsp3) is 0.176. The molecule has 0 aliphatic heterocycles. The smallest absolute Gasteiger partial charge is 0.191 e. The molecule has 0 fully saturated rings. The SMILES string of the molecule is Cc1nc(Cc2nc3cnc4ccc(C#N)cc4c3[nH]2)c(C)o1. The fourth-order valence-electron chi connectivity index (χ4n) is 2.76. The second kappa shape index (κ2) is 4.92. The van der Waals surface area contributed by atoms with E-state index in [0.717, 1.165) is 39.2 Å². The molecule has 0 saturated carbocycles. The van der Waals surface area contributed by atoms with Crippen molar-refractivity contribution in [2.75, 3.05) is 0 Å². The Morgan fingerprint density at radius 3 is 2.83 bits per heavy atom. The zero-order valence-electron chi connectivity index (χ0n) is 12.7. The van der Waals surface area contributed by atoms with E-state index in [4.69, 9.17) is 9.68 Å². The van der Waals surface area contributed by atoms with E-state index in [1.807, 2.05) is 26.0 Å². The van der Waals surface area contributed by atoms with Crippen LogP contribution in [-0.4, -0.2) is 19.9 Å². The lowest BCUT2D eigenvalue weighted by molar-refractivity contribution is 0.493. The molecule has 112 valence electrons. The highest BCUT2D eigenvalue weighted by Gasteiger charge is 2.12. The lowest BCUT2D eigenvalue weighted by Gasteiger charge is -1.98. The molecule has 0 aliphatic rings. The number of nitrogens with zero attached hydrogens (tertiary/aromatic N) is 4. The summed E-state index contributed by atoms with van der Waals surface area (Å²) in [5.41, 5.74) is 3.98. The average molecular weight is 303 g/mol. The lowest BCUT2D eigenvalue weighted by Crippen LogP contribution is -1.93. The number of nitrogens with one attached hydrogen (secondary N) is 1. The van der Waals surface area contributed by atoms with Crippen LogP contribution in [0.1, 0.15) is 28.7 Å². The number of pyridine rings is 1. The molecule has 1 aromatic carbocycles. The highest BCUT2D eigenvalue weighted by Crippen LogP contribution is 2.24. The molecular weight excluding hydrogens is 290 g/mol. The van der Waals surface area contributed by atoms with Gasteiger partial charge in [-0.3, -0.25) is 4.98 Å². The average Bonchev–Trinajstić information content (AvgIpc) is 3.09. The molecule has 0 spiro atoms. The predicted molar refractivity (Wildman–Crippen MR) is 84.9 cm³/mol. The number of fused-ring (bicyclic) bond motifs is 3. The molecule has 4 aromatic rings. The first kappa shape index (κ1) is 13.5. The van der Waals surface area contributed by atoms with E-state index >= 15 is 0 Å². The number of H-pyrrole nitrogens is 1. The van der Waals surface area contributed by atoms with Crippen molar-refractivity contribution in [3.63, 3.8) is 0 Å². The van der Waals surface area contributed by atoms with E-state index in [1.54, 1.807) is 12.3 Å². The van der Waals surface area contributed by atoms with Gasteiger partial charge in [0.25, 0.3) is 0 Å². The second-order valence-electron chi connectivity index (χ2n) is 5.46. The molecule has 4 rings (SSSR count). The predicted octanol–water partition coefficient (Wildman–Crippen LogP) is 3.18. The van der Waals surface area contributed by atoms with Crippen LogP contribution in [0.2, 0.25) is 0 Å². The lowest BCUT2D eigenvalue weighted by atomic mass is 10.1. The van der Waals surface area contributed by atoms with Gasteiger partial charge < -0.3 is 9.40 Å². The van der Waals surface area contributed by atoms with Gasteiger partial charge in [-0.1, -0.05) is 0 Å². The second-order valence-corrected chi connectivity index (χ2v) is 5.46. The van der Waals surface area contributed by atoms with E-state index in [2.05, 4.69) is 26.0 Å². The fourth-order valence-corrected chi connectivity index (χ4v) is 2.76. The van der Waals surface area contributed by atoms with Crippen molar-refractivity contribution in [1.29, 1.82) is 5.26 Å². The molecule has 0 radical (unpaired) electrons. The number of hydrogen-bond donors (Lipinski definition) is 1. The van der Waals surface area contributed by atoms with E-state index in [1.165, 1.54) is 0 Å². The summed E-state index contributed by atoms with van der Waals surface area (Å²) in [6.45, 7) is 3.73. The van der Waals surface area contributed by atoms with Crippen molar-refractivity contribution in [2.24, 2.45) is 0 Å². The Kier molecular flexibility index (Phi) is 2.88. The van der Waals surface area contributed by atoms with Crippen LogP contribution in [0.5, 0.6) is 0 Å². The molecular formula is C17H13N5O. The minimum absolute atomic E-state index is 0.567. The number of imidazole rings is 1. The number of aromatic nitrogens is 4. The summed E-state index contributed by atoms with van der Waals surface area (Å²) < 4.78 is 5.46. The number of rotatable bonds is 2. The van der Waals surface area contributed by atoms with Crippen LogP contribution in [0, 0.1) is 25.2 Å². The first-order valence-electron chi connectivity index (χ1n) is 7.24. The molecule has 0 aliphatic carbocycles. The van der Waals surface area contributed by atoms with E-state index in [0.29, 0.717) is 17.9 Å². The number of nitriles is 1. The van der Waals surface area contributed by atoms with Crippen LogP contribution >= 0.6 is 0 Å². The number of benzene rings is 1. The van der Waals surface area contributed by atoms with Crippen molar-refractivity contribution in [1.82, 2.24) is 19.9 Å². The van der Waals surface area contributed by atoms with Gasteiger partial charge in [0.15, 0.2) is 5.89 Å². The quantitative estimate of drug-likeness (QED) is 0.614. The van der Waals surface area contributed by atoms with Gasteiger partial charge in [0.1, 0.15) is 17.1 Å². The van der Waals surface area contributed by atoms with Gasteiger partial charge in [-0.2, -0.15) is 5.26 Å². The first-order chi connectivity index (χ1) is 11.1. The number of aryl methyl sites for hydroxylation is 2. The largest absolute Gasteiger partial charge is 0.446 e. The molecule has 6 nitrogen and oxygen atoms in total. The van der Waals surface area contributed by atoms with Crippen molar-refractivity contribution in [2.45, 2.75) is 20.3 Å². The third-order valence-electron chi connectivity index (χ3n) is 3.84. The molecule has 0 unspecified atom stereocenters. The number of hydrogen-bond acceptors (Lipinski definition) is 5. The molecule has 0 atom stereocenters. The van der Waals surface area contributed by atoms with Crippen molar-refractivity contribution >= 4 is 21.9 Å². The third kappa shape index (κ3) is 2.23. The van der Waals surface area contributed by atoms with Gasteiger partial charge in [0.05, 0.1) is 41.0 Å². The normalized spacial score (nSPS) is 11.2.